The molecule has 2 atom stereocenters. The van der Waals surface area contributed by atoms with Gasteiger partial charge in [-0.15, -0.1) is 0 Å². The van der Waals surface area contributed by atoms with Crippen molar-refractivity contribution < 1.29 is 9.53 Å². The number of nitrogens with zero attached hydrogens (tertiary/aromatic N) is 1. The third kappa shape index (κ3) is 2.07. The summed E-state index contributed by atoms with van der Waals surface area (Å²) in [5.41, 5.74) is 4.90. The van der Waals surface area contributed by atoms with Crippen LogP contribution in [0.2, 0.25) is 0 Å². The van der Waals surface area contributed by atoms with E-state index in [0.717, 1.165) is 12.8 Å². The molecule has 4 nitrogen and oxygen atoms in total. The lowest BCUT2D eigenvalue weighted by Gasteiger charge is -2.31. The fourth-order valence-electron chi connectivity index (χ4n) is 1.68. The van der Waals surface area contributed by atoms with Crippen LogP contribution in [0.1, 0.15) is 26.7 Å². The molecule has 0 radical (unpaired) electrons. The molecule has 1 rings (SSSR count). The second-order valence-electron chi connectivity index (χ2n) is 4.18. The molecule has 14 heavy (non-hydrogen) atoms. The Hall–Kier alpha value is -0.610. The zero-order valence-electron chi connectivity index (χ0n) is 9.25. The van der Waals surface area contributed by atoms with Crippen molar-refractivity contribution in [1.29, 1.82) is 0 Å². The molecule has 2 N–H and O–H groups in total. The summed E-state index contributed by atoms with van der Waals surface area (Å²) in [6.45, 7) is 4.98. The average Bonchev–Trinajstić information content (AvgIpc) is 2.63. The van der Waals surface area contributed by atoms with E-state index < -0.39 is 5.60 Å². The van der Waals surface area contributed by atoms with Crippen LogP contribution < -0.4 is 5.73 Å². The van der Waals surface area contributed by atoms with Gasteiger partial charge in [-0.05, 0) is 26.7 Å². The summed E-state index contributed by atoms with van der Waals surface area (Å²) in [4.78, 5) is 13.7. The SMILES string of the molecule is CC(CN)N(C)C(=O)C1(C)CCCO1. The molecule has 0 spiro atoms. The summed E-state index contributed by atoms with van der Waals surface area (Å²) in [6, 6.07) is 0.0727. The molecule has 1 fully saturated rings. The van der Waals surface area contributed by atoms with Crippen molar-refractivity contribution >= 4 is 5.91 Å². The first kappa shape index (κ1) is 11.5. The molecule has 0 aromatic carbocycles. The van der Waals surface area contributed by atoms with Crippen LogP contribution in [0.3, 0.4) is 0 Å². The second-order valence-corrected chi connectivity index (χ2v) is 4.18. The minimum Gasteiger partial charge on any atom is -0.365 e. The Morgan fingerprint density at radius 3 is 2.79 bits per heavy atom. The van der Waals surface area contributed by atoms with Crippen LogP contribution in [0.5, 0.6) is 0 Å². The molecule has 82 valence electrons. The highest BCUT2D eigenvalue weighted by Gasteiger charge is 2.40. The molecular formula is C10H20N2O2. The first-order chi connectivity index (χ1) is 6.51. The van der Waals surface area contributed by atoms with Crippen molar-refractivity contribution in [1.82, 2.24) is 4.90 Å². The maximum Gasteiger partial charge on any atom is 0.254 e. The molecule has 4 heteroatoms. The lowest BCUT2D eigenvalue weighted by atomic mass is 10.0. The first-order valence-electron chi connectivity index (χ1n) is 5.12. The van der Waals surface area contributed by atoms with E-state index in [1.165, 1.54) is 0 Å². The summed E-state index contributed by atoms with van der Waals surface area (Å²) in [5, 5.41) is 0. The van der Waals surface area contributed by atoms with E-state index in [4.69, 9.17) is 10.5 Å². The zero-order valence-corrected chi connectivity index (χ0v) is 9.25. The van der Waals surface area contributed by atoms with Crippen molar-refractivity contribution in [3.8, 4) is 0 Å². The van der Waals surface area contributed by atoms with E-state index in [0.29, 0.717) is 13.2 Å². The molecule has 1 saturated heterocycles. The number of amides is 1. The molecule has 0 aromatic rings. The molecule has 0 aromatic heterocycles. The van der Waals surface area contributed by atoms with Crippen molar-refractivity contribution in [2.24, 2.45) is 5.73 Å². The normalized spacial score (nSPS) is 28.9. The van der Waals surface area contributed by atoms with Gasteiger partial charge in [0.05, 0.1) is 0 Å². The minimum atomic E-state index is -0.613. The van der Waals surface area contributed by atoms with Crippen LogP contribution in [0.15, 0.2) is 0 Å². The molecule has 1 amide bonds. The monoisotopic (exact) mass is 200 g/mol. The fourth-order valence-corrected chi connectivity index (χ4v) is 1.68. The molecule has 0 aliphatic carbocycles. The Bertz CT molecular complexity index is 212. The lowest BCUT2D eigenvalue weighted by molar-refractivity contribution is -0.151. The Morgan fingerprint density at radius 1 is 1.71 bits per heavy atom. The highest BCUT2D eigenvalue weighted by molar-refractivity contribution is 5.85. The van der Waals surface area contributed by atoms with E-state index in [-0.39, 0.29) is 11.9 Å². The standard InChI is InChI=1S/C10H20N2O2/c1-8(7-11)12(3)9(13)10(2)5-4-6-14-10/h8H,4-7,11H2,1-3H3. The lowest BCUT2D eigenvalue weighted by Crippen LogP contribution is -2.50. The van der Waals surface area contributed by atoms with Crippen LogP contribution in [0, 0.1) is 0 Å². The van der Waals surface area contributed by atoms with Crippen LogP contribution >= 0.6 is 0 Å². The Morgan fingerprint density at radius 2 is 2.36 bits per heavy atom. The van der Waals surface area contributed by atoms with E-state index >= 15 is 0 Å². The quantitative estimate of drug-likeness (QED) is 0.715. The molecular weight excluding hydrogens is 180 g/mol. The van der Waals surface area contributed by atoms with Crippen LogP contribution in [0.25, 0.3) is 0 Å². The number of carbonyl (C=O) groups is 1. The summed E-state index contributed by atoms with van der Waals surface area (Å²) < 4.78 is 5.49. The smallest absolute Gasteiger partial charge is 0.254 e. The number of hydrogen-bond acceptors (Lipinski definition) is 3. The predicted molar refractivity (Wildman–Crippen MR) is 54.9 cm³/mol. The number of likely N-dealkylation sites (N-methyl/N-ethyl adjacent to an activating group) is 1. The topological polar surface area (TPSA) is 55.6 Å². The zero-order chi connectivity index (χ0) is 10.8. The van der Waals surface area contributed by atoms with Crippen LogP contribution in [-0.2, 0) is 9.53 Å². The Kier molecular flexibility index (Phi) is 3.50. The van der Waals surface area contributed by atoms with Gasteiger partial charge in [0.2, 0.25) is 0 Å². The Balaban J connectivity index is 2.63. The number of rotatable bonds is 3. The van der Waals surface area contributed by atoms with Gasteiger partial charge in [0.25, 0.3) is 5.91 Å². The first-order valence-corrected chi connectivity index (χ1v) is 5.12. The van der Waals surface area contributed by atoms with Gasteiger partial charge >= 0.3 is 0 Å². The van der Waals surface area contributed by atoms with Gasteiger partial charge in [-0.2, -0.15) is 0 Å². The highest BCUT2D eigenvalue weighted by Crippen LogP contribution is 2.27. The highest BCUT2D eigenvalue weighted by atomic mass is 16.5. The fraction of sp³-hybridized carbons (Fsp3) is 0.900. The number of ether oxygens (including phenoxy) is 1. The molecule has 0 saturated carbocycles. The molecule has 1 aliphatic heterocycles. The molecule has 2 unspecified atom stereocenters. The summed E-state index contributed by atoms with van der Waals surface area (Å²) in [5.74, 6) is 0.0490. The van der Waals surface area contributed by atoms with E-state index in [2.05, 4.69) is 0 Å². The maximum absolute atomic E-state index is 12.0. The number of nitrogens with two attached hydrogens (primary N) is 1. The third-order valence-corrected chi connectivity index (χ3v) is 2.99. The van der Waals surface area contributed by atoms with E-state index in [9.17, 15) is 4.79 Å². The van der Waals surface area contributed by atoms with Crippen molar-refractivity contribution in [3.05, 3.63) is 0 Å². The van der Waals surface area contributed by atoms with Gasteiger partial charge in [-0.1, -0.05) is 0 Å². The van der Waals surface area contributed by atoms with Crippen molar-refractivity contribution in [3.63, 3.8) is 0 Å². The van der Waals surface area contributed by atoms with Gasteiger partial charge in [0.1, 0.15) is 5.60 Å². The van der Waals surface area contributed by atoms with Crippen molar-refractivity contribution in [2.45, 2.75) is 38.3 Å². The van der Waals surface area contributed by atoms with Gasteiger partial charge in [-0.3, -0.25) is 4.79 Å². The largest absolute Gasteiger partial charge is 0.365 e. The van der Waals surface area contributed by atoms with E-state index in [1.807, 2.05) is 13.8 Å². The number of hydrogen-bond donors (Lipinski definition) is 1. The van der Waals surface area contributed by atoms with Gasteiger partial charge < -0.3 is 15.4 Å². The summed E-state index contributed by atoms with van der Waals surface area (Å²) >= 11 is 0. The van der Waals surface area contributed by atoms with Gasteiger partial charge in [0, 0.05) is 26.2 Å². The van der Waals surface area contributed by atoms with Crippen LogP contribution in [0.4, 0.5) is 0 Å². The van der Waals surface area contributed by atoms with Gasteiger partial charge in [-0.25, -0.2) is 0 Å². The average molecular weight is 200 g/mol. The molecule has 1 heterocycles. The van der Waals surface area contributed by atoms with Crippen molar-refractivity contribution in [2.75, 3.05) is 20.2 Å². The van der Waals surface area contributed by atoms with Gasteiger partial charge in [0.15, 0.2) is 0 Å². The summed E-state index contributed by atoms with van der Waals surface area (Å²) in [6.07, 6.45) is 1.78. The predicted octanol–water partition coefficient (Wildman–Crippen LogP) is 0.361. The van der Waals surface area contributed by atoms with E-state index in [1.54, 1.807) is 11.9 Å². The number of carbonyl (C=O) groups excluding carboxylic acids is 1. The van der Waals surface area contributed by atoms with Crippen LogP contribution in [-0.4, -0.2) is 42.6 Å². The minimum absolute atomic E-state index is 0.0490. The molecule has 0 bridgehead atoms. The second kappa shape index (κ2) is 4.28. The maximum atomic E-state index is 12.0. The Labute approximate surface area is 85.4 Å². The summed E-state index contributed by atoms with van der Waals surface area (Å²) in [7, 11) is 1.78. The third-order valence-electron chi connectivity index (χ3n) is 2.99. The molecule has 1 aliphatic rings.